The Balaban J connectivity index is 2.43. The lowest BCUT2D eigenvalue weighted by molar-refractivity contribution is 0.291. The van der Waals surface area contributed by atoms with E-state index in [2.05, 4.69) is 55.7 Å². The molecule has 0 saturated carbocycles. The summed E-state index contributed by atoms with van der Waals surface area (Å²) < 4.78 is 0. The van der Waals surface area contributed by atoms with Gasteiger partial charge >= 0.3 is 0 Å². The molecular weight excluding hydrogens is 266 g/mol. The minimum Gasteiger partial charge on any atom is -0.299 e. The lowest BCUT2D eigenvalue weighted by Gasteiger charge is -2.23. The molecule has 124 valence electrons. The second-order valence-corrected chi connectivity index (χ2v) is 6.37. The van der Waals surface area contributed by atoms with E-state index in [0.29, 0.717) is 0 Å². The second-order valence-electron chi connectivity index (χ2n) is 6.37. The fraction of sp³-hybridized carbons (Fsp3) is 0.619. The van der Waals surface area contributed by atoms with Gasteiger partial charge in [0.25, 0.3) is 0 Å². The quantitative estimate of drug-likeness (QED) is 0.394. The molecule has 1 aromatic rings. The van der Waals surface area contributed by atoms with E-state index in [1.54, 1.807) is 0 Å². The van der Waals surface area contributed by atoms with Crippen molar-refractivity contribution in [3.8, 4) is 0 Å². The van der Waals surface area contributed by atoms with Crippen LogP contribution in [0, 0.1) is 0 Å². The van der Waals surface area contributed by atoms with Crippen LogP contribution in [0.1, 0.15) is 70.8 Å². The first-order valence-corrected chi connectivity index (χ1v) is 9.23. The summed E-state index contributed by atoms with van der Waals surface area (Å²) in [6.45, 7) is 12.3. The Morgan fingerprint density at radius 3 is 1.86 bits per heavy atom. The van der Waals surface area contributed by atoms with Crippen LogP contribution in [0.5, 0.6) is 0 Å². The molecule has 1 heteroatoms. The summed E-state index contributed by atoms with van der Waals surface area (Å²) in [5, 5.41) is 0. The SMILES string of the molecule is C=C(CN(CCCCCC)CCCCCC)c1ccccc1. The van der Waals surface area contributed by atoms with Gasteiger partial charge in [0.1, 0.15) is 0 Å². The molecule has 0 saturated heterocycles. The van der Waals surface area contributed by atoms with E-state index in [4.69, 9.17) is 0 Å². The normalized spacial score (nSPS) is 11.0. The van der Waals surface area contributed by atoms with Crippen LogP contribution >= 0.6 is 0 Å². The van der Waals surface area contributed by atoms with Gasteiger partial charge in [0, 0.05) is 6.54 Å². The van der Waals surface area contributed by atoms with Crippen LogP contribution in [-0.2, 0) is 0 Å². The van der Waals surface area contributed by atoms with Gasteiger partial charge in [0.2, 0.25) is 0 Å². The van der Waals surface area contributed by atoms with E-state index in [1.165, 1.54) is 75.6 Å². The Morgan fingerprint density at radius 2 is 1.36 bits per heavy atom. The van der Waals surface area contributed by atoms with Gasteiger partial charge in [-0.3, -0.25) is 4.90 Å². The lowest BCUT2D eigenvalue weighted by Crippen LogP contribution is -2.28. The molecule has 0 aromatic heterocycles. The molecule has 0 aliphatic rings. The maximum atomic E-state index is 4.31. The Morgan fingerprint density at radius 1 is 0.818 bits per heavy atom. The molecule has 0 amide bonds. The van der Waals surface area contributed by atoms with Crippen molar-refractivity contribution in [1.82, 2.24) is 4.90 Å². The molecule has 0 N–H and O–H groups in total. The summed E-state index contributed by atoms with van der Waals surface area (Å²) in [5.74, 6) is 0. The number of hydrogen-bond acceptors (Lipinski definition) is 1. The van der Waals surface area contributed by atoms with Crippen LogP contribution in [-0.4, -0.2) is 24.5 Å². The molecule has 0 bridgehead atoms. The first-order chi connectivity index (χ1) is 10.8. The van der Waals surface area contributed by atoms with E-state index in [1.807, 2.05) is 0 Å². The zero-order valence-electron chi connectivity index (χ0n) is 14.8. The summed E-state index contributed by atoms with van der Waals surface area (Å²) >= 11 is 0. The van der Waals surface area contributed by atoms with Crippen LogP contribution in [0.2, 0.25) is 0 Å². The maximum absolute atomic E-state index is 4.31. The van der Waals surface area contributed by atoms with Crippen molar-refractivity contribution in [2.45, 2.75) is 65.2 Å². The average molecular weight is 302 g/mol. The van der Waals surface area contributed by atoms with Gasteiger partial charge in [-0.2, -0.15) is 0 Å². The highest BCUT2D eigenvalue weighted by molar-refractivity contribution is 5.64. The van der Waals surface area contributed by atoms with Gasteiger partial charge in [-0.1, -0.05) is 89.3 Å². The van der Waals surface area contributed by atoms with Crippen LogP contribution in [0.3, 0.4) is 0 Å². The molecule has 0 spiro atoms. The zero-order valence-corrected chi connectivity index (χ0v) is 14.8. The maximum Gasteiger partial charge on any atom is 0.0233 e. The Kier molecular flexibility index (Phi) is 10.7. The van der Waals surface area contributed by atoms with Crippen molar-refractivity contribution in [3.05, 3.63) is 42.5 Å². The van der Waals surface area contributed by atoms with Crippen LogP contribution < -0.4 is 0 Å². The molecule has 0 radical (unpaired) electrons. The van der Waals surface area contributed by atoms with Gasteiger partial charge in [-0.15, -0.1) is 0 Å². The predicted molar refractivity (Wildman–Crippen MR) is 100 cm³/mol. The smallest absolute Gasteiger partial charge is 0.0233 e. The molecule has 0 aliphatic heterocycles. The summed E-state index contributed by atoms with van der Waals surface area (Å²) in [7, 11) is 0. The largest absolute Gasteiger partial charge is 0.299 e. The summed E-state index contributed by atoms with van der Waals surface area (Å²) in [6.07, 6.45) is 10.7. The van der Waals surface area contributed by atoms with Crippen LogP contribution in [0.15, 0.2) is 36.9 Å². The van der Waals surface area contributed by atoms with Gasteiger partial charge in [0.15, 0.2) is 0 Å². The van der Waals surface area contributed by atoms with Crippen molar-refractivity contribution in [3.63, 3.8) is 0 Å². The minimum absolute atomic E-state index is 1.02. The molecule has 1 nitrogen and oxygen atoms in total. The number of unbranched alkanes of at least 4 members (excludes halogenated alkanes) is 6. The third-order valence-electron chi connectivity index (χ3n) is 4.25. The highest BCUT2D eigenvalue weighted by atomic mass is 15.1. The molecule has 1 rings (SSSR count). The molecule has 0 atom stereocenters. The first-order valence-electron chi connectivity index (χ1n) is 9.23. The molecule has 0 unspecified atom stereocenters. The topological polar surface area (TPSA) is 3.24 Å². The van der Waals surface area contributed by atoms with E-state index < -0.39 is 0 Å². The van der Waals surface area contributed by atoms with Crippen molar-refractivity contribution < 1.29 is 0 Å². The van der Waals surface area contributed by atoms with Crippen molar-refractivity contribution >= 4 is 5.57 Å². The van der Waals surface area contributed by atoms with Crippen molar-refractivity contribution in [2.75, 3.05) is 19.6 Å². The fourth-order valence-corrected chi connectivity index (χ4v) is 2.83. The van der Waals surface area contributed by atoms with Gasteiger partial charge < -0.3 is 0 Å². The Bertz CT molecular complexity index is 370. The summed E-state index contributed by atoms with van der Waals surface area (Å²) in [5.41, 5.74) is 2.54. The van der Waals surface area contributed by atoms with Gasteiger partial charge in [-0.05, 0) is 37.1 Å². The van der Waals surface area contributed by atoms with Crippen molar-refractivity contribution in [2.24, 2.45) is 0 Å². The third-order valence-corrected chi connectivity index (χ3v) is 4.25. The standard InChI is InChI=1S/C21H35N/c1-4-6-8-13-17-22(18-14-9-7-5-2)19-20(3)21-15-11-10-12-16-21/h10-12,15-16H,3-9,13-14,17-19H2,1-2H3. The van der Waals surface area contributed by atoms with Gasteiger partial charge in [-0.25, -0.2) is 0 Å². The van der Waals surface area contributed by atoms with Crippen molar-refractivity contribution in [1.29, 1.82) is 0 Å². The number of benzene rings is 1. The molecular formula is C21H35N. The van der Waals surface area contributed by atoms with Crippen LogP contribution in [0.4, 0.5) is 0 Å². The summed E-state index contributed by atoms with van der Waals surface area (Å²) in [4.78, 5) is 2.61. The average Bonchev–Trinajstić information content (AvgIpc) is 2.56. The lowest BCUT2D eigenvalue weighted by atomic mass is 10.1. The number of hydrogen-bond donors (Lipinski definition) is 0. The summed E-state index contributed by atoms with van der Waals surface area (Å²) in [6, 6.07) is 10.6. The Hall–Kier alpha value is -1.08. The van der Waals surface area contributed by atoms with E-state index >= 15 is 0 Å². The predicted octanol–water partition coefficient (Wildman–Crippen LogP) is 6.16. The second kappa shape index (κ2) is 12.5. The molecule has 0 fully saturated rings. The number of rotatable bonds is 13. The minimum atomic E-state index is 1.02. The van der Waals surface area contributed by atoms with E-state index in [-0.39, 0.29) is 0 Å². The molecule has 0 aliphatic carbocycles. The van der Waals surface area contributed by atoms with Gasteiger partial charge in [0.05, 0.1) is 0 Å². The molecule has 0 heterocycles. The molecule has 22 heavy (non-hydrogen) atoms. The fourth-order valence-electron chi connectivity index (χ4n) is 2.83. The Labute approximate surface area is 138 Å². The molecule has 1 aromatic carbocycles. The number of nitrogens with zero attached hydrogens (tertiary/aromatic N) is 1. The third kappa shape index (κ3) is 8.38. The van der Waals surface area contributed by atoms with Crippen LogP contribution in [0.25, 0.3) is 5.57 Å². The zero-order chi connectivity index (χ0) is 16.0. The first kappa shape index (κ1) is 19.0. The highest BCUT2D eigenvalue weighted by Crippen LogP contribution is 2.15. The monoisotopic (exact) mass is 301 g/mol. The van der Waals surface area contributed by atoms with E-state index in [9.17, 15) is 0 Å². The highest BCUT2D eigenvalue weighted by Gasteiger charge is 2.08. The van der Waals surface area contributed by atoms with E-state index in [0.717, 1.165) is 6.54 Å².